The van der Waals surface area contributed by atoms with E-state index in [9.17, 15) is 14.0 Å². The molecule has 3 aromatic rings. The summed E-state index contributed by atoms with van der Waals surface area (Å²) in [5.41, 5.74) is -0.401. The van der Waals surface area contributed by atoms with Crippen LogP contribution in [-0.2, 0) is 6.54 Å². The summed E-state index contributed by atoms with van der Waals surface area (Å²) in [5.74, 6) is -1.12. The predicted octanol–water partition coefficient (Wildman–Crippen LogP) is 1.09. The first-order chi connectivity index (χ1) is 10.5. The molecule has 1 aromatic carbocycles. The number of fused-ring (bicyclic) bond motifs is 1. The summed E-state index contributed by atoms with van der Waals surface area (Å²) in [6, 6.07) is 5.77. The summed E-state index contributed by atoms with van der Waals surface area (Å²) >= 11 is 0. The highest BCUT2D eigenvalue weighted by molar-refractivity contribution is 5.87. The average molecular weight is 302 g/mol. The second-order valence-corrected chi connectivity index (χ2v) is 4.78. The third-order valence-corrected chi connectivity index (χ3v) is 3.16. The van der Waals surface area contributed by atoms with Crippen molar-refractivity contribution >= 4 is 11.7 Å². The summed E-state index contributed by atoms with van der Waals surface area (Å²) in [6.07, 6.45) is 1.22. The van der Waals surface area contributed by atoms with Crippen LogP contribution in [0, 0.1) is 12.7 Å². The maximum Gasteiger partial charge on any atom is 0.342 e. The van der Waals surface area contributed by atoms with E-state index < -0.39 is 17.1 Å². The largest absolute Gasteiger partial charge is 0.477 e. The van der Waals surface area contributed by atoms with Crippen molar-refractivity contribution in [2.75, 3.05) is 0 Å². The van der Waals surface area contributed by atoms with Gasteiger partial charge in [0, 0.05) is 6.20 Å². The van der Waals surface area contributed by atoms with Gasteiger partial charge in [-0.05, 0) is 24.6 Å². The average Bonchev–Trinajstić information content (AvgIpc) is 2.86. The SMILES string of the molecule is Cc1nc2n(Cc3ccc(F)cc3)cc(C(=O)O)c(=O)n2n1. The Hall–Kier alpha value is -3.03. The molecule has 0 radical (unpaired) electrons. The van der Waals surface area contributed by atoms with Crippen molar-refractivity contribution in [3.05, 3.63) is 63.6 Å². The molecule has 22 heavy (non-hydrogen) atoms. The van der Waals surface area contributed by atoms with E-state index in [1.165, 1.54) is 22.9 Å². The van der Waals surface area contributed by atoms with Crippen LogP contribution < -0.4 is 5.56 Å². The number of rotatable bonds is 3. The van der Waals surface area contributed by atoms with Crippen molar-refractivity contribution in [3.63, 3.8) is 0 Å². The molecule has 2 aromatic heterocycles. The maximum atomic E-state index is 13.0. The predicted molar refractivity (Wildman–Crippen MR) is 74.4 cm³/mol. The zero-order chi connectivity index (χ0) is 15.9. The Bertz CT molecular complexity index is 928. The number of hydrogen-bond donors (Lipinski definition) is 1. The number of hydrogen-bond acceptors (Lipinski definition) is 4. The Balaban J connectivity index is 2.19. The van der Waals surface area contributed by atoms with Crippen molar-refractivity contribution < 1.29 is 14.3 Å². The van der Waals surface area contributed by atoms with Gasteiger partial charge in [0.15, 0.2) is 0 Å². The second kappa shape index (κ2) is 5.06. The molecule has 112 valence electrons. The monoisotopic (exact) mass is 302 g/mol. The van der Waals surface area contributed by atoms with E-state index in [1.54, 1.807) is 19.1 Å². The zero-order valence-corrected chi connectivity index (χ0v) is 11.5. The molecule has 0 saturated heterocycles. The van der Waals surface area contributed by atoms with Gasteiger partial charge in [-0.3, -0.25) is 4.79 Å². The Morgan fingerprint density at radius 2 is 2.00 bits per heavy atom. The van der Waals surface area contributed by atoms with E-state index in [1.807, 2.05) is 0 Å². The van der Waals surface area contributed by atoms with Crippen LogP contribution in [-0.4, -0.2) is 30.2 Å². The minimum atomic E-state index is -1.34. The first kappa shape index (κ1) is 13.9. The van der Waals surface area contributed by atoms with Crippen LogP contribution in [0.1, 0.15) is 21.7 Å². The lowest BCUT2D eigenvalue weighted by Crippen LogP contribution is -2.26. The zero-order valence-electron chi connectivity index (χ0n) is 11.5. The van der Waals surface area contributed by atoms with Gasteiger partial charge >= 0.3 is 5.97 Å². The molecule has 0 amide bonds. The molecule has 0 saturated carbocycles. The van der Waals surface area contributed by atoms with E-state index in [0.29, 0.717) is 5.82 Å². The first-order valence-corrected chi connectivity index (χ1v) is 6.40. The molecule has 1 N–H and O–H groups in total. The fourth-order valence-corrected chi connectivity index (χ4v) is 2.16. The Morgan fingerprint density at radius 1 is 1.32 bits per heavy atom. The highest BCUT2D eigenvalue weighted by Gasteiger charge is 2.17. The van der Waals surface area contributed by atoms with E-state index in [-0.39, 0.29) is 18.1 Å². The summed E-state index contributed by atoms with van der Waals surface area (Å²) in [4.78, 5) is 27.4. The lowest BCUT2D eigenvalue weighted by atomic mass is 10.2. The van der Waals surface area contributed by atoms with Crippen LogP contribution in [0.15, 0.2) is 35.3 Å². The van der Waals surface area contributed by atoms with Crippen molar-refractivity contribution in [1.29, 1.82) is 0 Å². The fraction of sp³-hybridized carbons (Fsp3) is 0.143. The maximum absolute atomic E-state index is 13.0. The van der Waals surface area contributed by atoms with Gasteiger partial charge in [0.05, 0.1) is 6.54 Å². The molecule has 0 unspecified atom stereocenters. The Kier molecular flexibility index (Phi) is 3.21. The molecule has 0 bridgehead atoms. The highest BCUT2D eigenvalue weighted by Crippen LogP contribution is 2.09. The third kappa shape index (κ3) is 2.34. The summed E-state index contributed by atoms with van der Waals surface area (Å²) in [6.45, 7) is 1.84. The number of carbonyl (C=O) groups is 1. The van der Waals surface area contributed by atoms with E-state index in [0.717, 1.165) is 10.1 Å². The number of carboxylic acids is 1. The van der Waals surface area contributed by atoms with Crippen molar-refractivity contribution in [3.8, 4) is 0 Å². The topological polar surface area (TPSA) is 89.5 Å². The molecule has 2 heterocycles. The van der Waals surface area contributed by atoms with Crippen LogP contribution in [0.25, 0.3) is 5.78 Å². The van der Waals surface area contributed by atoms with Crippen LogP contribution in [0.5, 0.6) is 0 Å². The fourth-order valence-electron chi connectivity index (χ4n) is 2.16. The van der Waals surface area contributed by atoms with Gasteiger partial charge in [0.2, 0.25) is 5.78 Å². The minimum Gasteiger partial charge on any atom is -0.477 e. The number of halogens is 1. The van der Waals surface area contributed by atoms with Gasteiger partial charge in [0.1, 0.15) is 17.2 Å². The van der Waals surface area contributed by atoms with Crippen molar-refractivity contribution in [1.82, 2.24) is 19.2 Å². The van der Waals surface area contributed by atoms with Gasteiger partial charge in [-0.1, -0.05) is 12.1 Å². The van der Waals surface area contributed by atoms with Crippen molar-refractivity contribution in [2.24, 2.45) is 0 Å². The summed E-state index contributed by atoms with van der Waals surface area (Å²) in [7, 11) is 0. The standard InChI is InChI=1S/C14H11FN4O3/c1-8-16-14-18(6-9-2-4-10(15)5-3-9)7-11(13(21)22)12(20)19(14)17-8/h2-5,7H,6H2,1H3,(H,21,22). The molecule has 0 fully saturated rings. The van der Waals surface area contributed by atoms with Crippen LogP contribution >= 0.6 is 0 Å². The minimum absolute atomic E-state index is 0.233. The Labute approximate surface area is 123 Å². The lowest BCUT2D eigenvalue weighted by molar-refractivity contribution is 0.0693. The number of benzene rings is 1. The molecule has 0 atom stereocenters. The van der Waals surface area contributed by atoms with E-state index in [4.69, 9.17) is 5.11 Å². The number of aromatic carboxylic acids is 1. The van der Waals surface area contributed by atoms with Gasteiger partial charge in [-0.2, -0.15) is 9.50 Å². The quantitative estimate of drug-likeness (QED) is 0.782. The summed E-state index contributed by atoms with van der Waals surface area (Å²) < 4.78 is 15.4. The molecule has 7 nitrogen and oxygen atoms in total. The van der Waals surface area contributed by atoms with Crippen LogP contribution in [0.3, 0.4) is 0 Å². The molecule has 8 heteroatoms. The molecule has 0 aliphatic carbocycles. The molecular formula is C14H11FN4O3. The molecule has 0 aliphatic rings. The van der Waals surface area contributed by atoms with Gasteiger partial charge in [-0.15, -0.1) is 5.10 Å². The van der Waals surface area contributed by atoms with E-state index in [2.05, 4.69) is 10.1 Å². The molecule has 0 aliphatic heterocycles. The molecular weight excluding hydrogens is 291 g/mol. The number of aromatic nitrogens is 4. The summed E-state index contributed by atoms with van der Waals surface area (Å²) in [5, 5.41) is 13.1. The van der Waals surface area contributed by atoms with E-state index >= 15 is 0 Å². The smallest absolute Gasteiger partial charge is 0.342 e. The van der Waals surface area contributed by atoms with Gasteiger partial charge in [0.25, 0.3) is 5.56 Å². The van der Waals surface area contributed by atoms with Gasteiger partial charge < -0.3 is 9.67 Å². The highest BCUT2D eigenvalue weighted by atomic mass is 19.1. The first-order valence-electron chi connectivity index (χ1n) is 6.40. The van der Waals surface area contributed by atoms with Crippen LogP contribution in [0.2, 0.25) is 0 Å². The number of carboxylic acid groups (broad SMARTS) is 1. The van der Waals surface area contributed by atoms with Gasteiger partial charge in [-0.25, -0.2) is 9.18 Å². The number of nitrogens with zero attached hydrogens (tertiary/aromatic N) is 4. The number of aryl methyl sites for hydroxylation is 1. The molecule has 3 rings (SSSR count). The van der Waals surface area contributed by atoms with Crippen LogP contribution in [0.4, 0.5) is 4.39 Å². The third-order valence-electron chi connectivity index (χ3n) is 3.16. The second-order valence-electron chi connectivity index (χ2n) is 4.78. The normalized spacial score (nSPS) is 11.0. The lowest BCUT2D eigenvalue weighted by Gasteiger charge is -2.09. The molecule has 0 spiro atoms. The Morgan fingerprint density at radius 3 is 2.64 bits per heavy atom. The van der Waals surface area contributed by atoms with Crippen molar-refractivity contribution in [2.45, 2.75) is 13.5 Å².